The van der Waals surface area contributed by atoms with Crippen LogP contribution < -0.4 is 10.6 Å². The zero-order valence-electron chi connectivity index (χ0n) is 11.4. The first-order valence-corrected chi connectivity index (χ1v) is 6.86. The molecule has 1 aliphatic rings. The summed E-state index contributed by atoms with van der Waals surface area (Å²) in [6, 6.07) is 8.88. The van der Waals surface area contributed by atoms with Gasteiger partial charge in [-0.2, -0.15) is 0 Å². The fourth-order valence-electron chi connectivity index (χ4n) is 2.36. The number of amides is 2. The molecule has 0 aliphatic carbocycles. The van der Waals surface area contributed by atoms with Gasteiger partial charge in [-0.25, -0.2) is 0 Å². The van der Waals surface area contributed by atoms with Crippen LogP contribution in [0.2, 0.25) is 0 Å². The van der Waals surface area contributed by atoms with Gasteiger partial charge in [0.15, 0.2) is 0 Å². The normalized spacial score (nSPS) is 13.8. The summed E-state index contributed by atoms with van der Waals surface area (Å²) in [4.78, 5) is 27.5. The Morgan fingerprint density at radius 2 is 1.95 bits per heavy atom. The van der Waals surface area contributed by atoms with E-state index in [0.29, 0.717) is 12.0 Å². The van der Waals surface area contributed by atoms with Crippen LogP contribution in [0.15, 0.2) is 42.7 Å². The number of aryl methyl sites for hydroxylation is 1. The van der Waals surface area contributed by atoms with Crippen molar-refractivity contribution in [2.24, 2.45) is 0 Å². The van der Waals surface area contributed by atoms with Crippen LogP contribution in [-0.4, -0.2) is 16.8 Å². The Kier molecular flexibility index (Phi) is 3.64. The molecule has 0 atom stereocenters. The second kappa shape index (κ2) is 5.75. The summed E-state index contributed by atoms with van der Waals surface area (Å²) in [5, 5.41) is 5.74. The molecule has 1 aromatic carbocycles. The fraction of sp³-hybridized carbons (Fsp3) is 0.188. The second-order valence-electron chi connectivity index (χ2n) is 4.96. The number of hydrogen-bond acceptors (Lipinski definition) is 3. The zero-order chi connectivity index (χ0) is 14.7. The van der Waals surface area contributed by atoms with Crippen molar-refractivity contribution in [3.05, 3.63) is 53.9 Å². The first kappa shape index (κ1) is 13.3. The second-order valence-corrected chi connectivity index (χ2v) is 4.96. The van der Waals surface area contributed by atoms with E-state index in [9.17, 15) is 9.59 Å². The molecule has 0 saturated carbocycles. The van der Waals surface area contributed by atoms with Crippen molar-refractivity contribution >= 4 is 23.2 Å². The predicted octanol–water partition coefficient (Wildman–Crippen LogP) is 2.61. The molecule has 2 N–H and O–H groups in total. The molecule has 5 nitrogen and oxygen atoms in total. The number of pyridine rings is 1. The SMILES string of the molecule is O=C1CCCc2cc(NC(=O)c3ccncc3)ccc2N1. The van der Waals surface area contributed by atoms with Gasteiger partial charge in [0, 0.05) is 35.8 Å². The lowest BCUT2D eigenvalue weighted by Gasteiger charge is -2.10. The van der Waals surface area contributed by atoms with Crippen molar-refractivity contribution < 1.29 is 9.59 Å². The summed E-state index contributed by atoms with van der Waals surface area (Å²) in [5.74, 6) is -0.127. The molecular formula is C16H15N3O2. The molecule has 0 bridgehead atoms. The predicted molar refractivity (Wildman–Crippen MR) is 80.2 cm³/mol. The third kappa shape index (κ3) is 3.08. The first-order chi connectivity index (χ1) is 10.2. The van der Waals surface area contributed by atoms with E-state index < -0.39 is 0 Å². The maximum atomic E-state index is 12.1. The maximum absolute atomic E-state index is 12.1. The fourth-order valence-corrected chi connectivity index (χ4v) is 2.36. The van der Waals surface area contributed by atoms with E-state index in [1.54, 1.807) is 30.6 Å². The summed E-state index contributed by atoms with van der Waals surface area (Å²) in [6.07, 6.45) is 5.35. The van der Waals surface area contributed by atoms with Gasteiger partial charge < -0.3 is 10.6 Å². The topological polar surface area (TPSA) is 71.1 Å². The molecule has 0 spiro atoms. The number of rotatable bonds is 2. The molecule has 106 valence electrons. The summed E-state index contributed by atoms with van der Waals surface area (Å²) in [6.45, 7) is 0. The lowest BCUT2D eigenvalue weighted by Crippen LogP contribution is -2.12. The van der Waals surface area contributed by atoms with Crippen molar-refractivity contribution in [3.63, 3.8) is 0 Å². The number of carbonyl (C=O) groups is 2. The molecule has 21 heavy (non-hydrogen) atoms. The van der Waals surface area contributed by atoms with Gasteiger partial charge in [-0.05, 0) is 48.7 Å². The maximum Gasteiger partial charge on any atom is 0.255 e. The van der Waals surface area contributed by atoms with E-state index in [0.717, 1.165) is 29.8 Å². The van der Waals surface area contributed by atoms with Gasteiger partial charge in [0.2, 0.25) is 5.91 Å². The van der Waals surface area contributed by atoms with Crippen LogP contribution in [0.3, 0.4) is 0 Å². The Labute approximate surface area is 122 Å². The molecule has 2 aromatic rings. The molecular weight excluding hydrogens is 266 g/mol. The molecule has 1 aliphatic heterocycles. The van der Waals surface area contributed by atoms with Crippen molar-refractivity contribution in [2.45, 2.75) is 19.3 Å². The number of aromatic nitrogens is 1. The Morgan fingerprint density at radius 3 is 2.76 bits per heavy atom. The molecule has 0 unspecified atom stereocenters. The van der Waals surface area contributed by atoms with Gasteiger partial charge in [0.1, 0.15) is 0 Å². The molecule has 0 fully saturated rings. The van der Waals surface area contributed by atoms with Gasteiger partial charge in [-0.1, -0.05) is 0 Å². The average molecular weight is 281 g/mol. The largest absolute Gasteiger partial charge is 0.326 e. The van der Waals surface area contributed by atoms with E-state index in [1.807, 2.05) is 12.1 Å². The smallest absolute Gasteiger partial charge is 0.255 e. The minimum Gasteiger partial charge on any atom is -0.326 e. The van der Waals surface area contributed by atoms with Crippen LogP contribution in [0.5, 0.6) is 0 Å². The van der Waals surface area contributed by atoms with E-state index in [4.69, 9.17) is 0 Å². The zero-order valence-corrected chi connectivity index (χ0v) is 11.4. The number of hydrogen-bond donors (Lipinski definition) is 2. The van der Waals surface area contributed by atoms with Crippen LogP contribution in [-0.2, 0) is 11.2 Å². The number of nitrogens with one attached hydrogen (secondary N) is 2. The van der Waals surface area contributed by atoms with E-state index in [1.165, 1.54) is 0 Å². The number of carbonyl (C=O) groups excluding carboxylic acids is 2. The average Bonchev–Trinajstić information content (AvgIpc) is 2.68. The lowest BCUT2D eigenvalue weighted by molar-refractivity contribution is -0.116. The van der Waals surface area contributed by atoms with E-state index in [2.05, 4.69) is 15.6 Å². The highest BCUT2D eigenvalue weighted by Gasteiger charge is 2.14. The van der Waals surface area contributed by atoms with Gasteiger partial charge in [0.25, 0.3) is 5.91 Å². The summed E-state index contributed by atoms with van der Waals surface area (Å²) in [7, 11) is 0. The van der Waals surface area contributed by atoms with Crippen LogP contribution in [0.4, 0.5) is 11.4 Å². The van der Waals surface area contributed by atoms with Gasteiger partial charge in [0.05, 0.1) is 0 Å². The quantitative estimate of drug-likeness (QED) is 0.888. The molecule has 1 aromatic heterocycles. The summed E-state index contributed by atoms with van der Waals surface area (Å²) < 4.78 is 0. The molecule has 0 saturated heterocycles. The van der Waals surface area contributed by atoms with Crippen LogP contribution in [0.25, 0.3) is 0 Å². The minimum atomic E-state index is -0.171. The standard InChI is InChI=1S/C16H15N3O2/c20-15-3-1-2-12-10-13(4-5-14(12)19-15)18-16(21)11-6-8-17-9-7-11/h4-10H,1-3H2,(H,18,21)(H,19,20). The van der Waals surface area contributed by atoms with Crippen molar-refractivity contribution in [1.29, 1.82) is 0 Å². The van der Waals surface area contributed by atoms with Gasteiger partial charge >= 0.3 is 0 Å². The van der Waals surface area contributed by atoms with E-state index in [-0.39, 0.29) is 11.8 Å². The molecule has 0 radical (unpaired) electrons. The van der Waals surface area contributed by atoms with Crippen LogP contribution >= 0.6 is 0 Å². The first-order valence-electron chi connectivity index (χ1n) is 6.86. The van der Waals surface area contributed by atoms with Gasteiger partial charge in [-0.3, -0.25) is 14.6 Å². The molecule has 5 heteroatoms. The summed E-state index contributed by atoms with van der Waals surface area (Å²) >= 11 is 0. The number of anilines is 2. The van der Waals surface area contributed by atoms with E-state index >= 15 is 0 Å². The third-order valence-corrected chi connectivity index (χ3v) is 3.43. The Bertz CT molecular complexity index is 683. The Balaban J connectivity index is 1.80. The Morgan fingerprint density at radius 1 is 1.14 bits per heavy atom. The van der Waals surface area contributed by atoms with Crippen LogP contribution in [0, 0.1) is 0 Å². The molecule has 2 amide bonds. The van der Waals surface area contributed by atoms with Crippen molar-refractivity contribution in [1.82, 2.24) is 4.98 Å². The monoisotopic (exact) mass is 281 g/mol. The number of fused-ring (bicyclic) bond motifs is 1. The molecule has 2 heterocycles. The number of benzene rings is 1. The van der Waals surface area contributed by atoms with Crippen molar-refractivity contribution in [3.8, 4) is 0 Å². The highest BCUT2D eigenvalue weighted by Crippen LogP contribution is 2.25. The highest BCUT2D eigenvalue weighted by atomic mass is 16.2. The molecule has 3 rings (SSSR count). The minimum absolute atomic E-state index is 0.0438. The number of nitrogens with zero attached hydrogens (tertiary/aromatic N) is 1. The Hall–Kier alpha value is -2.69. The van der Waals surface area contributed by atoms with Crippen molar-refractivity contribution in [2.75, 3.05) is 10.6 Å². The van der Waals surface area contributed by atoms with Crippen LogP contribution in [0.1, 0.15) is 28.8 Å². The summed E-state index contributed by atoms with van der Waals surface area (Å²) in [5.41, 5.74) is 3.17. The highest BCUT2D eigenvalue weighted by molar-refractivity contribution is 6.04. The third-order valence-electron chi connectivity index (χ3n) is 3.43. The lowest BCUT2D eigenvalue weighted by atomic mass is 10.1. The van der Waals surface area contributed by atoms with Gasteiger partial charge in [-0.15, -0.1) is 0 Å².